The smallest absolute Gasteiger partial charge is 0.0517 e. The molecule has 0 radical (unpaired) electrons. The molecule has 90 valence electrons. The fourth-order valence-electron chi connectivity index (χ4n) is 1.14. The van der Waals surface area contributed by atoms with E-state index in [-0.39, 0.29) is 0 Å². The van der Waals surface area contributed by atoms with Crippen LogP contribution in [0.25, 0.3) is 0 Å². The van der Waals surface area contributed by atoms with E-state index in [9.17, 15) is 0 Å². The molecular formula is C13H16N2S2. The number of allylic oxidation sites excluding steroid dienone is 3. The van der Waals surface area contributed by atoms with E-state index < -0.39 is 0 Å². The summed E-state index contributed by atoms with van der Waals surface area (Å²) in [6.07, 6.45) is 9.53. The number of rotatable bonds is 6. The Bertz CT molecular complexity index is 425. The maximum Gasteiger partial charge on any atom is 0.0517 e. The van der Waals surface area contributed by atoms with Crippen molar-refractivity contribution in [3.63, 3.8) is 0 Å². The molecule has 1 aromatic rings. The lowest BCUT2D eigenvalue weighted by atomic mass is 10.4. The third-order valence-electron chi connectivity index (χ3n) is 1.99. The highest BCUT2D eigenvalue weighted by atomic mass is 32.2. The lowest BCUT2D eigenvalue weighted by molar-refractivity contribution is 1.14. The van der Waals surface area contributed by atoms with Gasteiger partial charge in [0.05, 0.1) is 5.69 Å². The third kappa shape index (κ3) is 5.75. The van der Waals surface area contributed by atoms with Gasteiger partial charge in [-0.25, -0.2) is 0 Å². The van der Waals surface area contributed by atoms with Crippen LogP contribution in [0.2, 0.25) is 0 Å². The second-order valence-corrected chi connectivity index (χ2v) is 5.38. The molecule has 0 saturated heterocycles. The Hall–Kier alpha value is -1.00. The molecule has 0 aliphatic carbocycles. The van der Waals surface area contributed by atoms with Gasteiger partial charge >= 0.3 is 0 Å². The Morgan fingerprint density at radius 3 is 3.12 bits per heavy atom. The highest BCUT2D eigenvalue weighted by molar-refractivity contribution is 8.02. The summed E-state index contributed by atoms with van der Waals surface area (Å²) in [5.41, 5.74) is 1.11. The van der Waals surface area contributed by atoms with E-state index in [0.717, 1.165) is 11.4 Å². The van der Waals surface area contributed by atoms with Crippen LogP contribution in [-0.4, -0.2) is 18.0 Å². The molecule has 1 aromatic heterocycles. The number of hydrogen-bond donors (Lipinski definition) is 0. The van der Waals surface area contributed by atoms with Gasteiger partial charge in [0.25, 0.3) is 0 Å². The predicted molar refractivity (Wildman–Crippen MR) is 79.8 cm³/mol. The number of pyridine rings is 1. The number of hydrogen-bond acceptors (Lipinski definition) is 4. The zero-order valence-electron chi connectivity index (χ0n) is 10.1. The van der Waals surface area contributed by atoms with Gasteiger partial charge in [-0.3, -0.25) is 9.98 Å². The summed E-state index contributed by atoms with van der Waals surface area (Å²) in [6, 6.07) is 4.16. The third-order valence-corrected chi connectivity index (χ3v) is 3.75. The van der Waals surface area contributed by atoms with Crippen LogP contribution in [0.1, 0.15) is 12.6 Å². The quantitative estimate of drug-likeness (QED) is 0.438. The predicted octanol–water partition coefficient (Wildman–Crippen LogP) is 4.15. The minimum absolute atomic E-state index is 0.895. The van der Waals surface area contributed by atoms with Crippen LogP contribution in [0.4, 0.5) is 0 Å². The van der Waals surface area contributed by atoms with Gasteiger partial charge in [-0.05, 0) is 43.0 Å². The van der Waals surface area contributed by atoms with Crippen molar-refractivity contribution in [1.82, 2.24) is 4.98 Å². The molecule has 17 heavy (non-hydrogen) atoms. The van der Waals surface area contributed by atoms with Crippen molar-refractivity contribution >= 4 is 30.2 Å². The van der Waals surface area contributed by atoms with E-state index in [1.165, 1.54) is 9.80 Å². The zero-order chi connectivity index (χ0) is 12.5. The molecule has 1 rings (SSSR count). The minimum Gasteiger partial charge on any atom is -0.273 e. The summed E-state index contributed by atoms with van der Waals surface area (Å²) < 4.78 is 0. The molecule has 0 atom stereocenters. The first-order valence-corrected chi connectivity index (χ1v) is 7.38. The maximum atomic E-state index is 4.35. The Balaban J connectivity index is 2.52. The van der Waals surface area contributed by atoms with Crippen LogP contribution in [0.3, 0.4) is 0 Å². The van der Waals surface area contributed by atoms with Gasteiger partial charge in [0.2, 0.25) is 0 Å². The number of thioether (sulfide) groups is 2. The molecule has 4 heteroatoms. The van der Waals surface area contributed by atoms with Gasteiger partial charge in [-0.1, -0.05) is 6.08 Å². The minimum atomic E-state index is 0.895. The molecule has 0 fully saturated rings. The van der Waals surface area contributed by atoms with Crippen molar-refractivity contribution in [1.29, 1.82) is 0 Å². The SMILES string of the molecule is C=N/C=C\C=C(/C)SCc1cc(SC)ccn1. The van der Waals surface area contributed by atoms with Crippen LogP contribution >= 0.6 is 23.5 Å². The highest BCUT2D eigenvalue weighted by Crippen LogP contribution is 2.22. The topological polar surface area (TPSA) is 25.2 Å². The van der Waals surface area contributed by atoms with E-state index >= 15 is 0 Å². The Morgan fingerprint density at radius 2 is 2.41 bits per heavy atom. The Kier molecular flexibility index (Phi) is 6.74. The van der Waals surface area contributed by atoms with E-state index in [1.807, 2.05) is 24.4 Å². The van der Waals surface area contributed by atoms with E-state index in [1.54, 1.807) is 29.7 Å². The van der Waals surface area contributed by atoms with Crippen molar-refractivity contribution in [3.05, 3.63) is 47.3 Å². The van der Waals surface area contributed by atoms with Crippen LogP contribution < -0.4 is 0 Å². The summed E-state index contributed by atoms with van der Waals surface area (Å²) >= 11 is 3.51. The second kappa shape index (κ2) is 8.14. The van der Waals surface area contributed by atoms with Crippen LogP contribution in [0.5, 0.6) is 0 Å². The molecule has 2 nitrogen and oxygen atoms in total. The lowest BCUT2D eigenvalue weighted by Gasteiger charge is -2.02. The molecule has 0 aromatic carbocycles. The van der Waals surface area contributed by atoms with Gasteiger partial charge in [-0.2, -0.15) is 0 Å². The molecule has 0 spiro atoms. The fraction of sp³-hybridized carbons (Fsp3) is 0.231. The molecule has 1 heterocycles. The summed E-state index contributed by atoms with van der Waals surface area (Å²) in [4.78, 5) is 10.5. The summed E-state index contributed by atoms with van der Waals surface area (Å²) in [5, 5.41) is 0. The van der Waals surface area contributed by atoms with Crippen molar-refractivity contribution in [2.24, 2.45) is 4.99 Å². The van der Waals surface area contributed by atoms with Gasteiger partial charge in [0.15, 0.2) is 0 Å². The molecule has 0 unspecified atom stereocenters. The van der Waals surface area contributed by atoms with Crippen molar-refractivity contribution in [3.8, 4) is 0 Å². The fourth-order valence-corrected chi connectivity index (χ4v) is 2.30. The summed E-state index contributed by atoms with van der Waals surface area (Å²) in [6.45, 7) is 5.46. The van der Waals surface area contributed by atoms with E-state index in [0.29, 0.717) is 0 Å². The van der Waals surface area contributed by atoms with E-state index in [4.69, 9.17) is 0 Å². The van der Waals surface area contributed by atoms with Gasteiger partial charge in [-0.15, -0.1) is 23.5 Å². The van der Waals surface area contributed by atoms with Crippen molar-refractivity contribution in [2.45, 2.75) is 17.6 Å². The van der Waals surface area contributed by atoms with Gasteiger partial charge in [0, 0.05) is 23.0 Å². The number of aromatic nitrogens is 1. The second-order valence-electron chi connectivity index (χ2n) is 3.28. The summed E-state index contributed by atoms with van der Waals surface area (Å²) in [5.74, 6) is 0.895. The van der Waals surface area contributed by atoms with Gasteiger partial charge < -0.3 is 0 Å². The summed E-state index contributed by atoms with van der Waals surface area (Å²) in [7, 11) is 0. The molecule has 0 N–H and O–H groups in total. The first-order chi connectivity index (χ1) is 8.26. The van der Waals surface area contributed by atoms with Crippen LogP contribution in [0.15, 0.2) is 51.5 Å². The van der Waals surface area contributed by atoms with E-state index in [2.05, 4.69) is 35.9 Å². The monoisotopic (exact) mass is 264 g/mol. The highest BCUT2D eigenvalue weighted by Gasteiger charge is 1.97. The first kappa shape index (κ1) is 14.1. The molecule has 0 aliphatic heterocycles. The Morgan fingerprint density at radius 1 is 1.59 bits per heavy atom. The van der Waals surface area contributed by atoms with Gasteiger partial charge in [0.1, 0.15) is 0 Å². The average molecular weight is 264 g/mol. The average Bonchev–Trinajstić information content (AvgIpc) is 2.37. The lowest BCUT2D eigenvalue weighted by Crippen LogP contribution is -1.86. The molecule has 0 aliphatic rings. The normalized spacial score (nSPS) is 12.0. The zero-order valence-corrected chi connectivity index (χ0v) is 11.7. The van der Waals surface area contributed by atoms with Crippen molar-refractivity contribution < 1.29 is 0 Å². The van der Waals surface area contributed by atoms with Crippen molar-refractivity contribution in [2.75, 3.05) is 6.26 Å². The van der Waals surface area contributed by atoms with Crippen LogP contribution in [-0.2, 0) is 5.75 Å². The molecular weight excluding hydrogens is 248 g/mol. The number of nitrogens with zero attached hydrogens (tertiary/aromatic N) is 2. The number of aliphatic imine (C=N–C) groups is 1. The molecule has 0 amide bonds. The van der Waals surface area contributed by atoms with Crippen LogP contribution in [0, 0.1) is 0 Å². The largest absolute Gasteiger partial charge is 0.273 e. The standard InChI is InChI=1S/C13H16N2S2/c1-11(5-4-7-14-2)17-10-12-9-13(16-3)6-8-15-12/h4-9H,2,10H2,1,3H3/b7-4-,11-5+. The molecule has 0 bridgehead atoms. The first-order valence-electron chi connectivity index (χ1n) is 5.17. The molecule has 0 saturated carbocycles. The Labute approximate surface area is 111 Å². The maximum absolute atomic E-state index is 4.35.